The second-order valence-electron chi connectivity index (χ2n) is 5.10. The molecule has 2 fully saturated rings. The molecule has 3 rings (SSSR count). The molecule has 2 nitrogen and oxygen atoms in total. The third kappa shape index (κ3) is 1.61. The fraction of sp³-hybridized carbons (Fsp3) is 0.538. The molecule has 5 heteroatoms. The monoisotopic (exact) mass is 257 g/mol. The topological polar surface area (TPSA) is 21.3 Å². The van der Waals surface area contributed by atoms with E-state index >= 15 is 0 Å². The predicted molar refractivity (Wildman–Crippen MR) is 60.7 cm³/mol. The van der Waals surface area contributed by atoms with Gasteiger partial charge in [0.1, 0.15) is 5.75 Å². The van der Waals surface area contributed by atoms with Crippen LogP contribution in [0, 0.1) is 5.92 Å². The van der Waals surface area contributed by atoms with E-state index in [0.717, 1.165) is 25.1 Å². The van der Waals surface area contributed by atoms with Crippen molar-refractivity contribution in [1.29, 1.82) is 0 Å². The van der Waals surface area contributed by atoms with E-state index in [1.54, 1.807) is 6.07 Å². The zero-order valence-corrected chi connectivity index (χ0v) is 9.97. The number of hydrogen-bond acceptors (Lipinski definition) is 2. The average molecular weight is 257 g/mol. The first-order valence-corrected chi connectivity index (χ1v) is 5.94. The van der Waals surface area contributed by atoms with Crippen LogP contribution in [0.4, 0.5) is 13.2 Å². The van der Waals surface area contributed by atoms with Gasteiger partial charge in [-0.1, -0.05) is 6.07 Å². The quantitative estimate of drug-likeness (QED) is 0.879. The summed E-state index contributed by atoms with van der Waals surface area (Å²) in [5, 5.41) is 3.24. The molecule has 2 unspecified atom stereocenters. The highest BCUT2D eigenvalue weighted by molar-refractivity contribution is 5.46. The van der Waals surface area contributed by atoms with E-state index in [9.17, 15) is 13.2 Å². The Balaban J connectivity index is 2.03. The van der Waals surface area contributed by atoms with Gasteiger partial charge in [-0.2, -0.15) is 13.2 Å². The first kappa shape index (κ1) is 11.8. The molecule has 1 aromatic rings. The summed E-state index contributed by atoms with van der Waals surface area (Å²) < 4.78 is 43.6. The number of fused-ring (bicyclic) bond motifs is 1. The lowest BCUT2D eigenvalue weighted by Crippen LogP contribution is -2.20. The van der Waals surface area contributed by atoms with Crippen molar-refractivity contribution in [3.8, 4) is 5.75 Å². The van der Waals surface area contributed by atoms with Gasteiger partial charge in [-0.3, -0.25) is 0 Å². The third-order valence-corrected chi connectivity index (χ3v) is 4.14. The maximum Gasteiger partial charge on any atom is 0.419 e. The van der Waals surface area contributed by atoms with Crippen LogP contribution in [-0.4, -0.2) is 20.2 Å². The summed E-state index contributed by atoms with van der Waals surface area (Å²) in [5.74, 6) is 0.387. The van der Waals surface area contributed by atoms with Gasteiger partial charge in [-0.25, -0.2) is 0 Å². The highest BCUT2D eigenvalue weighted by Gasteiger charge is 2.58. The highest BCUT2D eigenvalue weighted by atomic mass is 19.4. The number of rotatable bonds is 2. The van der Waals surface area contributed by atoms with Gasteiger partial charge in [0.2, 0.25) is 0 Å². The molecule has 0 radical (unpaired) electrons. The Labute approximate surface area is 103 Å². The van der Waals surface area contributed by atoms with E-state index < -0.39 is 11.7 Å². The van der Waals surface area contributed by atoms with Crippen molar-refractivity contribution in [3.63, 3.8) is 0 Å². The van der Waals surface area contributed by atoms with E-state index in [1.807, 2.05) is 0 Å². The van der Waals surface area contributed by atoms with Gasteiger partial charge in [0.15, 0.2) is 0 Å². The number of alkyl halides is 3. The number of nitrogens with one attached hydrogen (secondary N) is 1. The highest BCUT2D eigenvalue weighted by Crippen LogP contribution is 2.57. The molecule has 0 aromatic heterocycles. The lowest BCUT2D eigenvalue weighted by molar-refractivity contribution is -0.138. The van der Waals surface area contributed by atoms with Crippen LogP contribution in [0.25, 0.3) is 0 Å². The largest absolute Gasteiger partial charge is 0.496 e. The zero-order chi connectivity index (χ0) is 13.0. The summed E-state index contributed by atoms with van der Waals surface area (Å²) in [7, 11) is 1.26. The first-order chi connectivity index (χ1) is 8.47. The predicted octanol–water partition coefficient (Wildman–Crippen LogP) is 2.57. The van der Waals surface area contributed by atoms with Crippen molar-refractivity contribution in [2.75, 3.05) is 20.2 Å². The normalized spacial score (nSPS) is 30.1. The number of benzene rings is 1. The molecule has 18 heavy (non-hydrogen) atoms. The molecule has 1 aliphatic heterocycles. The van der Waals surface area contributed by atoms with Crippen LogP contribution in [0.5, 0.6) is 5.75 Å². The van der Waals surface area contributed by atoms with Gasteiger partial charge in [-0.05, 0) is 36.6 Å². The number of methoxy groups -OCH3 is 1. The van der Waals surface area contributed by atoms with Crippen LogP contribution in [0.2, 0.25) is 0 Å². The molecule has 98 valence electrons. The van der Waals surface area contributed by atoms with E-state index in [0.29, 0.717) is 5.92 Å². The lowest BCUT2D eigenvalue weighted by Gasteiger charge is -2.17. The van der Waals surface area contributed by atoms with Gasteiger partial charge in [0.25, 0.3) is 0 Å². The van der Waals surface area contributed by atoms with Crippen LogP contribution in [0.1, 0.15) is 17.5 Å². The Bertz CT molecular complexity index is 486. The maximum atomic E-state index is 12.9. The van der Waals surface area contributed by atoms with Crippen LogP contribution < -0.4 is 10.1 Å². The molecule has 1 aliphatic carbocycles. The van der Waals surface area contributed by atoms with Crippen molar-refractivity contribution in [3.05, 3.63) is 29.3 Å². The molecule has 1 saturated heterocycles. The molecule has 1 N–H and O–H groups in total. The SMILES string of the molecule is COc1ccc(C23CNCC2C3)cc1C(F)(F)F. The number of piperidine rings is 1. The lowest BCUT2D eigenvalue weighted by atomic mass is 9.93. The smallest absolute Gasteiger partial charge is 0.419 e. The minimum absolute atomic E-state index is 0.0632. The molecule has 2 aliphatic rings. The van der Waals surface area contributed by atoms with E-state index in [4.69, 9.17) is 4.74 Å². The van der Waals surface area contributed by atoms with Crippen LogP contribution >= 0.6 is 0 Å². The summed E-state index contributed by atoms with van der Waals surface area (Å²) in [5.41, 5.74) is 0.0479. The van der Waals surface area contributed by atoms with E-state index in [-0.39, 0.29) is 11.2 Å². The summed E-state index contributed by atoms with van der Waals surface area (Å²) in [6.45, 7) is 1.69. The fourth-order valence-electron chi connectivity index (χ4n) is 3.03. The van der Waals surface area contributed by atoms with Gasteiger partial charge in [0, 0.05) is 12.0 Å². The van der Waals surface area contributed by atoms with Gasteiger partial charge in [0.05, 0.1) is 12.7 Å². The molecular weight excluding hydrogens is 243 g/mol. The van der Waals surface area contributed by atoms with Crippen LogP contribution in [-0.2, 0) is 11.6 Å². The summed E-state index contributed by atoms with van der Waals surface area (Å²) in [6, 6.07) is 4.45. The summed E-state index contributed by atoms with van der Waals surface area (Å²) in [6.07, 6.45) is -3.38. The molecule has 0 spiro atoms. The zero-order valence-electron chi connectivity index (χ0n) is 9.97. The van der Waals surface area contributed by atoms with Crippen molar-refractivity contribution in [2.45, 2.75) is 18.0 Å². The molecule has 2 atom stereocenters. The van der Waals surface area contributed by atoms with E-state index in [2.05, 4.69) is 5.32 Å². The Morgan fingerprint density at radius 1 is 1.39 bits per heavy atom. The minimum atomic E-state index is -4.37. The Morgan fingerprint density at radius 3 is 2.67 bits per heavy atom. The molecule has 1 heterocycles. The molecule has 1 aromatic carbocycles. The van der Waals surface area contributed by atoms with Gasteiger partial charge >= 0.3 is 6.18 Å². The second-order valence-corrected chi connectivity index (χ2v) is 5.10. The fourth-order valence-corrected chi connectivity index (χ4v) is 3.03. The van der Waals surface area contributed by atoms with Crippen LogP contribution in [0.3, 0.4) is 0 Å². The van der Waals surface area contributed by atoms with Gasteiger partial charge in [-0.15, -0.1) is 0 Å². The Kier molecular flexibility index (Phi) is 2.39. The summed E-state index contributed by atoms with van der Waals surface area (Å²) >= 11 is 0. The number of ether oxygens (including phenoxy) is 1. The molecule has 0 amide bonds. The van der Waals surface area contributed by atoms with Gasteiger partial charge < -0.3 is 10.1 Å². The minimum Gasteiger partial charge on any atom is -0.496 e. The third-order valence-electron chi connectivity index (χ3n) is 4.14. The van der Waals surface area contributed by atoms with E-state index in [1.165, 1.54) is 19.2 Å². The Morgan fingerprint density at radius 2 is 2.17 bits per heavy atom. The molecule has 1 saturated carbocycles. The van der Waals surface area contributed by atoms with Crippen molar-refractivity contribution in [1.82, 2.24) is 5.32 Å². The average Bonchev–Trinajstić information content (AvgIpc) is 2.90. The number of hydrogen-bond donors (Lipinski definition) is 1. The first-order valence-electron chi connectivity index (χ1n) is 5.94. The van der Waals surface area contributed by atoms with Crippen molar-refractivity contribution in [2.24, 2.45) is 5.92 Å². The van der Waals surface area contributed by atoms with Crippen molar-refractivity contribution < 1.29 is 17.9 Å². The van der Waals surface area contributed by atoms with Crippen LogP contribution in [0.15, 0.2) is 18.2 Å². The number of halogens is 3. The molecule has 0 bridgehead atoms. The maximum absolute atomic E-state index is 12.9. The standard InChI is InChI=1S/C13H14F3NO/c1-18-11-3-2-8(4-10(11)13(14,15)16)12-5-9(12)6-17-7-12/h2-4,9,17H,5-7H2,1H3. The second kappa shape index (κ2) is 3.63. The van der Waals surface area contributed by atoms with Crippen molar-refractivity contribution >= 4 is 0 Å². The summed E-state index contributed by atoms with van der Waals surface area (Å²) in [4.78, 5) is 0. The Hall–Kier alpha value is -1.23. The molecular formula is C13H14F3NO.